The van der Waals surface area contributed by atoms with Gasteiger partial charge in [0.2, 0.25) is 5.91 Å². The number of carbonyl (C=O) groups excluding carboxylic acids is 2. The molecule has 7 heteroatoms. The third-order valence-corrected chi connectivity index (χ3v) is 8.28. The molecule has 2 N–H and O–H groups in total. The van der Waals surface area contributed by atoms with Crippen molar-refractivity contribution in [1.82, 2.24) is 10.4 Å². The lowest BCUT2D eigenvalue weighted by Crippen LogP contribution is -2.40. The Bertz CT molecular complexity index is 1120. The van der Waals surface area contributed by atoms with Crippen molar-refractivity contribution in [2.45, 2.75) is 31.8 Å². The second-order valence-electron chi connectivity index (χ2n) is 7.61. The zero-order valence-electron chi connectivity index (χ0n) is 17.9. The molecule has 6 nitrogen and oxygen atoms in total. The fourth-order valence-corrected chi connectivity index (χ4v) is 7.18. The summed E-state index contributed by atoms with van der Waals surface area (Å²) in [6.07, 6.45) is 0.553. The van der Waals surface area contributed by atoms with Crippen LogP contribution in [-0.2, 0) is 16.0 Å². The lowest BCUT2D eigenvalue weighted by Gasteiger charge is -2.28. The van der Waals surface area contributed by atoms with Crippen molar-refractivity contribution in [2.75, 3.05) is 0 Å². The molecule has 3 aromatic rings. The van der Waals surface area contributed by atoms with Crippen molar-refractivity contribution in [3.8, 4) is 11.5 Å². The zero-order chi connectivity index (χ0) is 22.7. The molecule has 1 aliphatic heterocycles. The first-order valence-corrected chi connectivity index (χ1v) is 11.9. The normalized spacial score (nSPS) is 20.2. The van der Waals surface area contributed by atoms with E-state index in [2.05, 4.69) is 17.6 Å². The SMILES string of the molecule is CC(=O)Oc1ccccc1C[C@@H]1NN(C(C)=O)[C@H](c2ccccc2O)P1c1ccccc1. The number of hydrogen-bond donors (Lipinski definition) is 2. The van der Waals surface area contributed by atoms with Crippen LogP contribution in [0.3, 0.4) is 0 Å². The molecular formula is C25H25N2O4P. The van der Waals surface area contributed by atoms with E-state index in [9.17, 15) is 14.7 Å². The van der Waals surface area contributed by atoms with Gasteiger partial charge in [-0.25, -0.2) is 5.43 Å². The predicted octanol–water partition coefficient (Wildman–Crippen LogP) is 4.06. The summed E-state index contributed by atoms with van der Waals surface area (Å²) in [7, 11) is -0.994. The summed E-state index contributed by atoms with van der Waals surface area (Å²) < 4.78 is 5.42. The van der Waals surface area contributed by atoms with E-state index in [0.717, 1.165) is 10.9 Å². The maximum absolute atomic E-state index is 12.7. The number of phenolic OH excluding ortho intramolecular Hbond substituents is 1. The molecule has 4 rings (SSSR count). The maximum Gasteiger partial charge on any atom is 0.308 e. The Hall–Kier alpha value is -3.21. The molecule has 3 atom stereocenters. The molecule has 1 saturated heterocycles. The first-order chi connectivity index (χ1) is 15.5. The third kappa shape index (κ3) is 4.52. The minimum absolute atomic E-state index is 0.113. The average Bonchev–Trinajstić information content (AvgIpc) is 3.15. The second-order valence-corrected chi connectivity index (χ2v) is 10.1. The van der Waals surface area contributed by atoms with Crippen molar-refractivity contribution >= 4 is 25.1 Å². The number of ether oxygens (including phenoxy) is 1. The van der Waals surface area contributed by atoms with Crippen LogP contribution in [0.2, 0.25) is 0 Å². The van der Waals surface area contributed by atoms with Gasteiger partial charge in [-0.15, -0.1) is 0 Å². The van der Waals surface area contributed by atoms with Gasteiger partial charge in [0.05, 0.1) is 5.78 Å². The van der Waals surface area contributed by atoms with Crippen LogP contribution in [0, 0.1) is 0 Å². The van der Waals surface area contributed by atoms with Crippen molar-refractivity contribution < 1.29 is 19.4 Å². The summed E-state index contributed by atoms with van der Waals surface area (Å²) in [6, 6.07) is 24.7. The molecule has 1 heterocycles. The molecule has 0 radical (unpaired) electrons. The van der Waals surface area contributed by atoms with Crippen LogP contribution in [0.25, 0.3) is 0 Å². The first-order valence-electron chi connectivity index (χ1n) is 10.4. The van der Waals surface area contributed by atoms with Crippen LogP contribution in [0.5, 0.6) is 11.5 Å². The molecule has 1 fully saturated rings. The number of nitrogens with zero attached hydrogens (tertiary/aromatic N) is 1. The Morgan fingerprint density at radius 1 is 0.969 bits per heavy atom. The van der Waals surface area contributed by atoms with Gasteiger partial charge in [-0.1, -0.05) is 66.7 Å². The number of hydrogen-bond acceptors (Lipinski definition) is 5. The standard InChI is InChI=1S/C25H25N2O4P/c1-17(28)27-25(21-13-7-8-14-22(21)30)32(20-11-4-3-5-12-20)24(26-27)16-19-10-6-9-15-23(19)31-18(2)29/h3-15,24-26,30H,16H2,1-2H3/t24-,25+,32?/m1/s1. The first kappa shape index (κ1) is 22.0. The number of hydrazine groups is 1. The number of benzene rings is 3. The quantitative estimate of drug-likeness (QED) is 0.350. The van der Waals surface area contributed by atoms with Crippen LogP contribution in [-0.4, -0.2) is 27.8 Å². The van der Waals surface area contributed by atoms with Gasteiger partial charge < -0.3 is 9.84 Å². The number of aromatic hydroxyl groups is 1. The minimum atomic E-state index is -0.994. The highest BCUT2D eigenvalue weighted by molar-refractivity contribution is 7.66. The van der Waals surface area contributed by atoms with Gasteiger partial charge in [-0.2, -0.15) is 0 Å². The summed E-state index contributed by atoms with van der Waals surface area (Å²) in [5.74, 6) is -0.271. The Morgan fingerprint density at radius 2 is 1.62 bits per heavy atom. The highest BCUT2D eigenvalue weighted by atomic mass is 31.1. The molecular weight excluding hydrogens is 423 g/mol. The third-order valence-electron chi connectivity index (χ3n) is 5.38. The van der Waals surface area contributed by atoms with E-state index in [1.807, 2.05) is 48.5 Å². The van der Waals surface area contributed by atoms with Crippen LogP contribution >= 0.6 is 7.92 Å². The van der Waals surface area contributed by atoms with E-state index in [4.69, 9.17) is 4.74 Å². The van der Waals surface area contributed by atoms with E-state index in [1.54, 1.807) is 23.2 Å². The minimum Gasteiger partial charge on any atom is -0.508 e. The number of nitrogens with one attached hydrogen (secondary N) is 1. The predicted molar refractivity (Wildman–Crippen MR) is 125 cm³/mol. The van der Waals surface area contributed by atoms with Gasteiger partial charge in [0.25, 0.3) is 0 Å². The summed E-state index contributed by atoms with van der Waals surface area (Å²) in [5.41, 5.74) is 4.99. The topological polar surface area (TPSA) is 78.9 Å². The largest absolute Gasteiger partial charge is 0.508 e. The Balaban J connectivity index is 1.79. The number of para-hydroxylation sites is 2. The molecule has 0 spiro atoms. The van der Waals surface area contributed by atoms with Crippen LogP contribution in [0.1, 0.15) is 30.8 Å². The molecule has 32 heavy (non-hydrogen) atoms. The van der Waals surface area contributed by atoms with Crippen LogP contribution in [0.4, 0.5) is 0 Å². The summed E-state index contributed by atoms with van der Waals surface area (Å²) >= 11 is 0. The van der Waals surface area contributed by atoms with E-state index >= 15 is 0 Å². The van der Waals surface area contributed by atoms with Gasteiger partial charge in [0, 0.05) is 19.4 Å². The van der Waals surface area contributed by atoms with Gasteiger partial charge in [0.1, 0.15) is 17.3 Å². The van der Waals surface area contributed by atoms with E-state index < -0.39 is 7.92 Å². The smallest absolute Gasteiger partial charge is 0.308 e. The summed E-state index contributed by atoms with van der Waals surface area (Å²) in [4.78, 5) is 24.2. The molecule has 1 aliphatic rings. The van der Waals surface area contributed by atoms with Gasteiger partial charge in [-0.05, 0) is 37.3 Å². The van der Waals surface area contributed by atoms with E-state index in [1.165, 1.54) is 13.8 Å². The van der Waals surface area contributed by atoms with Crippen molar-refractivity contribution in [1.29, 1.82) is 0 Å². The van der Waals surface area contributed by atoms with Crippen molar-refractivity contribution in [3.05, 3.63) is 90.0 Å². The Morgan fingerprint density at radius 3 is 2.31 bits per heavy atom. The van der Waals surface area contributed by atoms with Crippen molar-refractivity contribution in [2.24, 2.45) is 0 Å². The molecule has 164 valence electrons. The fraction of sp³-hybridized carbons (Fsp3) is 0.200. The molecule has 1 amide bonds. The zero-order valence-corrected chi connectivity index (χ0v) is 18.8. The van der Waals surface area contributed by atoms with Gasteiger partial charge in [0.15, 0.2) is 0 Å². The Labute approximate surface area is 188 Å². The van der Waals surface area contributed by atoms with E-state index in [-0.39, 0.29) is 29.2 Å². The van der Waals surface area contributed by atoms with Crippen LogP contribution < -0.4 is 15.5 Å². The molecule has 0 bridgehead atoms. The van der Waals surface area contributed by atoms with Crippen molar-refractivity contribution in [3.63, 3.8) is 0 Å². The van der Waals surface area contributed by atoms with E-state index in [0.29, 0.717) is 17.7 Å². The fourth-order valence-electron chi connectivity index (χ4n) is 4.05. The monoisotopic (exact) mass is 448 g/mol. The van der Waals surface area contributed by atoms with Gasteiger partial charge >= 0.3 is 5.97 Å². The molecule has 0 aliphatic carbocycles. The number of amides is 1. The summed E-state index contributed by atoms with van der Waals surface area (Å²) in [6.45, 7) is 2.90. The number of rotatable bonds is 5. The highest BCUT2D eigenvalue weighted by Crippen LogP contribution is 2.60. The number of esters is 1. The molecule has 0 saturated carbocycles. The highest BCUT2D eigenvalue weighted by Gasteiger charge is 2.45. The summed E-state index contributed by atoms with van der Waals surface area (Å²) in [5, 5.41) is 13.4. The Kier molecular flexibility index (Phi) is 6.54. The number of phenols is 1. The number of carbonyl (C=O) groups is 2. The molecule has 0 aromatic heterocycles. The van der Waals surface area contributed by atoms with Gasteiger partial charge in [-0.3, -0.25) is 14.6 Å². The molecule has 3 aromatic carbocycles. The van der Waals surface area contributed by atoms with Crippen LogP contribution in [0.15, 0.2) is 78.9 Å². The molecule has 1 unspecified atom stereocenters. The lowest BCUT2D eigenvalue weighted by molar-refractivity contribution is -0.132. The average molecular weight is 448 g/mol. The lowest BCUT2D eigenvalue weighted by atomic mass is 10.1. The second kappa shape index (κ2) is 9.51. The maximum atomic E-state index is 12.7.